The van der Waals surface area contributed by atoms with Crippen LogP contribution in [0.5, 0.6) is 0 Å². The first kappa shape index (κ1) is 12.5. The Kier molecular flexibility index (Phi) is 5.90. The molecule has 0 aliphatic heterocycles. The van der Waals surface area contributed by atoms with Gasteiger partial charge in [0.2, 0.25) is 0 Å². The summed E-state index contributed by atoms with van der Waals surface area (Å²) >= 11 is 14.4. The number of benzene rings is 1. The van der Waals surface area contributed by atoms with E-state index >= 15 is 0 Å². The lowest BCUT2D eigenvalue weighted by molar-refractivity contribution is 1.13. The Balaban J connectivity index is 3.09. The lowest BCUT2D eigenvalue weighted by atomic mass is 10.1. The van der Waals surface area contributed by atoms with E-state index in [4.69, 9.17) is 11.6 Å². The second-order valence-corrected chi connectivity index (χ2v) is 8.62. The summed E-state index contributed by atoms with van der Waals surface area (Å²) in [5.74, 6) is 0. The molecule has 0 saturated carbocycles. The fraction of sp³-hybridized carbons (Fsp3) is 0.333. The molecular weight excluding hydrogens is 477 g/mol. The number of hydrogen-bond acceptors (Lipinski definition) is 0. The monoisotopic (exact) mass is 484 g/mol. The number of hydrogen-bond donors (Lipinski definition) is 0. The Morgan fingerprint density at radius 1 is 1.38 bits per heavy atom. The van der Waals surface area contributed by atoms with Crippen LogP contribution in [0.25, 0.3) is 0 Å². The van der Waals surface area contributed by atoms with Crippen molar-refractivity contribution in [1.29, 1.82) is 0 Å². The molecule has 0 radical (unpaired) electrons. The van der Waals surface area contributed by atoms with Gasteiger partial charge in [-0.05, 0) is 23.6 Å². The molecule has 0 N–H and O–H groups in total. The summed E-state index contributed by atoms with van der Waals surface area (Å²) in [6, 6.07) is 6.12. The summed E-state index contributed by atoms with van der Waals surface area (Å²) in [6.45, 7) is 0. The molecule has 0 fully saturated rings. The van der Waals surface area contributed by atoms with Crippen LogP contribution in [-0.4, -0.2) is 5.33 Å². The molecule has 0 saturated heterocycles. The maximum absolute atomic E-state index is 6.12. The molecule has 0 aliphatic rings. The maximum Gasteiger partial charge on any atom is 0.0878 e. The van der Waals surface area contributed by atoms with Crippen LogP contribution in [0.2, 0.25) is 5.02 Å². The van der Waals surface area contributed by atoms with E-state index in [-0.39, 0.29) is 0 Å². The molecule has 0 nitrogen and oxygen atoms in total. The zero-order chi connectivity index (χ0) is 9.84. The first-order valence-electron chi connectivity index (χ1n) is 3.78. The van der Waals surface area contributed by atoms with Crippen molar-refractivity contribution in [2.45, 2.75) is 8.35 Å². The van der Waals surface area contributed by atoms with Crippen LogP contribution in [0.3, 0.4) is 0 Å². The molecule has 13 heavy (non-hydrogen) atoms. The maximum atomic E-state index is 6.12. The van der Waals surface area contributed by atoms with Gasteiger partial charge >= 0.3 is 0 Å². The molecule has 0 unspecified atom stereocenters. The Morgan fingerprint density at radius 3 is 2.62 bits per heavy atom. The van der Waals surface area contributed by atoms with Gasteiger partial charge in [0.1, 0.15) is 0 Å². The quantitative estimate of drug-likeness (QED) is 0.411. The van der Waals surface area contributed by atoms with E-state index in [1.165, 1.54) is 11.1 Å². The average molecular weight is 485 g/mol. The third-order valence-electron chi connectivity index (χ3n) is 1.73. The second-order valence-electron chi connectivity index (χ2n) is 2.55. The predicted molar refractivity (Wildman–Crippen MR) is 79.7 cm³/mol. The Morgan fingerprint density at radius 2 is 2.08 bits per heavy atom. The van der Waals surface area contributed by atoms with E-state index in [1.54, 1.807) is 0 Å². The highest BCUT2D eigenvalue weighted by Crippen LogP contribution is 2.35. The van der Waals surface area contributed by atoms with Crippen molar-refractivity contribution >= 4 is 72.7 Å². The lowest BCUT2D eigenvalue weighted by Gasteiger charge is -2.11. The van der Waals surface area contributed by atoms with Gasteiger partial charge in [-0.1, -0.05) is 84.8 Å². The number of alkyl halides is 3. The third-order valence-corrected chi connectivity index (χ3v) is 3.83. The fourth-order valence-corrected chi connectivity index (χ4v) is 2.98. The standard InChI is InChI=1S/C9H8BrClI2/c10-5-4-6-7(9(12)13)2-1-3-8(6)11/h1-3,9H,4-5H2. The Hall–Kier alpha value is 1.45. The van der Waals surface area contributed by atoms with Crippen LogP contribution in [0, 0.1) is 0 Å². The highest BCUT2D eigenvalue weighted by molar-refractivity contribution is 14.2. The summed E-state index contributed by atoms with van der Waals surface area (Å²) in [5, 5.41) is 1.85. The van der Waals surface area contributed by atoms with Crippen LogP contribution in [0.4, 0.5) is 0 Å². The van der Waals surface area contributed by atoms with Crippen LogP contribution in [0.1, 0.15) is 13.1 Å². The smallest absolute Gasteiger partial charge is 0.0878 e. The van der Waals surface area contributed by atoms with Crippen molar-refractivity contribution < 1.29 is 0 Å². The molecule has 72 valence electrons. The molecule has 0 aliphatic carbocycles. The normalized spacial score (nSPS) is 10.8. The molecule has 0 amide bonds. The fourth-order valence-electron chi connectivity index (χ4n) is 1.14. The van der Waals surface area contributed by atoms with Gasteiger partial charge in [0.05, 0.1) is 1.93 Å². The van der Waals surface area contributed by atoms with Crippen LogP contribution in [-0.2, 0) is 6.42 Å². The molecule has 0 spiro atoms. The number of rotatable bonds is 3. The van der Waals surface area contributed by atoms with Gasteiger partial charge in [-0.25, -0.2) is 0 Å². The van der Waals surface area contributed by atoms with Gasteiger partial charge in [-0.15, -0.1) is 0 Å². The first-order chi connectivity index (χ1) is 6.16. The molecule has 4 heteroatoms. The molecule has 0 aromatic heterocycles. The second kappa shape index (κ2) is 6.12. The van der Waals surface area contributed by atoms with E-state index in [2.05, 4.69) is 67.2 Å². The molecular formula is C9H8BrClI2. The van der Waals surface area contributed by atoms with Gasteiger partial charge in [0.25, 0.3) is 0 Å². The van der Waals surface area contributed by atoms with Crippen molar-refractivity contribution in [3.05, 3.63) is 34.3 Å². The SMILES string of the molecule is Clc1cccc(C(I)I)c1CCBr. The van der Waals surface area contributed by atoms with Crippen molar-refractivity contribution in [2.75, 3.05) is 5.33 Å². The van der Waals surface area contributed by atoms with Gasteiger partial charge in [0, 0.05) is 10.4 Å². The van der Waals surface area contributed by atoms with E-state index in [9.17, 15) is 0 Å². The minimum atomic E-state index is 0.489. The molecule has 0 atom stereocenters. The molecule has 0 bridgehead atoms. The van der Waals surface area contributed by atoms with Gasteiger partial charge in [-0.3, -0.25) is 0 Å². The molecule has 1 aromatic rings. The van der Waals surface area contributed by atoms with Crippen molar-refractivity contribution in [3.8, 4) is 0 Å². The first-order valence-corrected chi connectivity index (χ1v) is 7.77. The van der Waals surface area contributed by atoms with Crippen molar-refractivity contribution in [3.63, 3.8) is 0 Å². The van der Waals surface area contributed by atoms with Crippen LogP contribution < -0.4 is 0 Å². The summed E-state index contributed by atoms with van der Waals surface area (Å²) in [6.07, 6.45) is 0.998. The van der Waals surface area contributed by atoms with Gasteiger partial charge < -0.3 is 0 Å². The minimum Gasteiger partial charge on any atom is -0.0924 e. The van der Waals surface area contributed by atoms with E-state index in [1.807, 2.05) is 12.1 Å². The van der Waals surface area contributed by atoms with E-state index < -0.39 is 0 Å². The summed E-state index contributed by atoms with van der Waals surface area (Å²) in [7, 11) is 0. The van der Waals surface area contributed by atoms with E-state index in [0.717, 1.165) is 16.8 Å². The lowest BCUT2D eigenvalue weighted by Crippen LogP contribution is -1.95. The van der Waals surface area contributed by atoms with Crippen molar-refractivity contribution in [2.24, 2.45) is 0 Å². The predicted octanol–water partition coefficient (Wildman–Crippen LogP) is 5.15. The van der Waals surface area contributed by atoms with Crippen LogP contribution >= 0.6 is 72.7 Å². The zero-order valence-corrected chi connectivity index (χ0v) is 13.4. The number of halogens is 4. The highest BCUT2D eigenvalue weighted by atomic mass is 127. The largest absolute Gasteiger partial charge is 0.0924 e. The Bertz CT molecular complexity index is 289. The molecule has 1 rings (SSSR count). The summed E-state index contributed by atoms with van der Waals surface area (Å²) < 4.78 is 0.489. The average Bonchev–Trinajstić information content (AvgIpc) is 2.08. The Labute approximate surface area is 119 Å². The highest BCUT2D eigenvalue weighted by Gasteiger charge is 2.10. The van der Waals surface area contributed by atoms with E-state index in [0.29, 0.717) is 1.93 Å². The summed E-state index contributed by atoms with van der Waals surface area (Å²) in [4.78, 5) is 0. The topological polar surface area (TPSA) is 0 Å². The van der Waals surface area contributed by atoms with Crippen molar-refractivity contribution in [1.82, 2.24) is 0 Å². The molecule has 0 heterocycles. The molecule has 1 aromatic carbocycles. The van der Waals surface area contributed by atoms with Gasteiger partial charge in [0.15, 0.2) is 0 Å². The van der Waals surface area contributed by atoms with Gasteiger partial charge in [-0.2, -0.15) is 0 Å². The third kappa shape index (κ3) is 3.50. The van der Waals surface area contributed by atoms with Crippen LogP contribution in [0.15, 0.2) is 18.2 Å². The zero-order valence-electron chi connectivity index (χ0n) is 6.74. The minimum absolute atomic E-state index is 0.489. The summed E-state index contributed by atoms with van der Waals surface area (Å²) in [5.41, 5.74) is 2.61.